The molecule has 3 heterocycles. The fraction of sp³-hybridized carbons (Fsp3) is 0.476. The zero-order valence-electron chi connectivity index (χ0n) is 17.2. The first kappa shape index (κ1) is 20.1. The smallest absolute Gasteiger partial charge is 0.271 e. The van der Waals surface area contributed by atoms with Gasteiger partial charge in [0.05, 0.1) is 16.9 Å². The van der Waals surface area contributed by atoms with Crippen molar-refractivity contribution in [2.24, 2.45) is 5.92 Å². The summed E-state index contributed by atoms with van der Waals surface area (Å²) in [6.45, 7) is 9.89. The number of aryl methyl sites for hydroxylation is 2. The van der Waals surface area contributed by atoms with Crippen LogP contribution in [0.5, 0.6) is 0 Å². The fourth-order valence-electron chi connectivity index (χ4n) is 4.63. The number of fused-ring (bicyclic) bond motifs is 1. The zero-order valence-corrected chi connectivity index (χ0v) is 18.1. The summed E-state index contributed by atoms with van der Waals surface area (Å²) in [6, 6.07) is 4.34. The van der Waals surface area contributed by atoms with Crippen LogP contribution in [-0.4, -0.2) is 35.3 Å². The van der Waals surface area contributed by atoms with Crippen molar-refractivity contribution in [1.82, 2.24) is 19.1 Å². The van der Waals surface area contributed by atoms with Crippen LogP contribution in [0.3, 0.4) is 0 Å². The summed E-state index contributed by atoms with van der Waals surface area (Å²) < 4.78 is 44.5. The van der Waals surface area contributed by atoms with Crippen molar-refractivity contribution in [3.8, 4) is 0 Å². The summed E-state index contributed by atoms with van der Waals surface area (Å²) >= 11 is 0. The molecule has 0 radical (unpaired) electrons. The number of piperidine rings is 1. The van der Waals surface area contributed by atoms with Crippen LogP contribution in [0.25, 0.3) is 10.9 Å². The lowest BCUT2D eigenvalue weighted by Gasteiger charge is -2.29. The molecule has 3 aromatic rings. The van der Waals surface area contributed by atoms with Gasteiger partial charge in [-0.1, -0.05) is 6.92 Å². The van der Waals surface area contributed by atoms with Gasteiger partial charge in [-0.25, -0.2) is 16.8 Å². The topological polar surface area (TPSA) is 68.9 Å². The molecule has 0 amide bonds. The predicted molar refractivity (Wildman–Crippen MR) is 111 cm³/mol. The van der Waals surface area contributed by atoms with Crippen molar-refractivity contribution in [2.75, 3.05) is 13.1 Å². The summed E-state index contributed by atoms with van der Waals surface area (Å²) in [5.74, 6) is 0.152. The first-order chi connectivity index (χ1) is 13.8. The van der Waals surface area contributed by atoms with Gasteiger partial charge >= 0.3 is 0 Å². The van der Waals surface area contributed by atoms with Crippen LogP contribution >= 0.6 is 0 Å². The van der Waals surface area contributed by atoms with E-state index in [-0.39, 0.29) is 16.6 Å². The highest BCUT2D eigenvalue weighted by molar-refractivity contribution is 7.90. The lowest BCUT2D eigenvalue weighted by atomic mass is 9.82. The second kappa shape index (κ2) is 7.25. The lowest BCUT2D eigenvalue weighted by molar-refractivity contribution is 0.351. The van der Waals surface area contributed by atoms with Crippen molar-refractivity contribution in [2.45, 2.75) is 51.5 Å². The van der Waals surface area contributed by atoms with Crippen LogP contribution in [0.2, 0.25) is 0 Å². The van der Waals surface area contributed by atoms with Crippen LogP contribution in [0.15, 0.2) is 29.3 Å². The van der Waals surface area contributed by atoms with Gasteiger partial charge in [-0.15, -0.1) is 0 Å². The normalized spacial score (nSPS) is 20.4. The van der Waals surface area contributed by atoms with Gasteiger partial charge < -0.3 is 5.32 Å². The van der Waals surface area contributed by atoms with Gasteiger partial charge in [0.2, 0.25) is 0 Å². The number of benzene rings is 1. The Morgan fingerprint density at radius 2 is 2.07 bits per heavy atom. The number of halogens is 1. The molecule has 1 N–H and O–H groups in total. The molecule has 4 rings (SSSR count). The molecule has 2 atom stereocenters. The Balaban J connectivity index is 1.96. The van der Waals surface area contributed by atoms with E-state index in [1.807, 2.05) is 6.92 Å². The van der Waals surface area contributed by atoms with E-state index in [2.05, 4.69) is 17.3 Å². The molecule has 0 bridgehead atoms. The first-order valence-corrected chi connectivity index (χ1v) is 11.5. The van der Waals surface area contributed by atoms with Crippen LogP contribution in [0.4, 0.5) is 4.39 Å². The Morgan fingerprint density at radius 3 is 2.72 bits per heavy atom. The van der Waals surface area contributed by atoms with E-state index in [1.165, 1.54) is 16.1 Å². The van der Waals surface area contributed by atoms with E-state index in [9.17, 15) is 12.8 Å². The highest BCUT2D eigenvalue weighted by atomic mass is 32.2. The molecule has 2 aromatic heterocycles. The summed E-state index contributed by atoms with van der Waals surface area (Å²) in [6.07, 6.45) is 2.59. The number of hydrogen-bond donors (Lipinski definition) is 1. The average molecular weight is 419 g/mol. The van der Waals surface area contributed by atoms with Crippen LogP contribution in [-0.2, 0) is 16.6 Å². The van der Waals surface area contributed by atoms with Gasteiger partial charge in [-0.2, -0.15) is 5.10 Å². The maximum absolute atomic E-state index is 14.1. The molecule has 0 aliphatic carbocycles. The van der Waals surface area contributed by atoms with Gasteiger partial charge in [0.1, 0.15) is 10.7 Å². The second-order valence-electron chi connectivity index (χ2n) is 7.94. The molecule has 29 heavy (non-hydrogen) atoms. The Morgan fingerprint density at radius 1 is 1.31 bits per heavy atom. The lowest BCUT2D eigenvalue weighted by Crippen LogP contribution is -2.33. The number of nitrogens with zero attached hydrogens (tertiary/aromatic N) is 3. The molecular weight excluding hydrogens is 391 g/mol. The summed E-state index contributed by atoms with van der Waals surface area (Å²) in [5, 5.41) is 8.42. The zero-order chi connectivity index (χ0) is 20.9. The minimum Gasteiger partial charge on any atom is -0.316 e. The van der Waals surface area contributed by atoms with Crippen molar-refractivity contribution in [3.05, 3.63) is 47.2 Å². The van der Waals surface area contributed by atoms with E-state index in [1.54, 1.807) is 30.8 Å². The molecule has 1 saturated heterocycles. The number of nitrogens with one attached hydrogen (secondary N) is 1. The van der Waals surface area contributed by atoms with E-state index < -0.39 is 10.0 Å². The number of hydrogen-bond acceptors (Lipinski definition) is 4. The molecule has 8 heteroatoms. The van der Waals surface area contributed by atoms with E-state index in [0.717, 1.165) is 25.1 Å². The molecule has 1 aromatic carbocycles. The average Bonchev–Trinajstić information content (AvgIpc) is 3.19. The predicted octanol–water partition coefficient (Wildman–Crippen LogP) is 3.56. The molecule has 1 aliphatic heterocycles. The molecule has 156 valence electrons. The Hall–Kier alpha value is -2.19. The van der Waals surface area contributed by atoms with Gasteiger partial charge in [0.25, 0.3) is 10.0 Å². The third-order valence-electron chi connectivity index (χ3n) is 6.08. The van der Waals surface area contributed by atoms with Crippen molar-refractivity contribution in [3.63, 3.8) is 0 Å². The molecule has 0 saturated carbocycles. The highest BCUT2D eigenvalue weighted by Crippen LogP contribution is 2.38. The monoisotopic (exact) mass is 418 g/mol. The highest BCUT2D eigenvalue weighted by Gasteiger charge is 2.31. The summed E-state index contributed by atoms with van der Waals surface area (Å²) in [7, 11) is -3.87. The van der Waals surface area contributed by atoms with Crippen LogP contribution < -0.4 is 5.32 Å². The van der Waals surface area contributed by atoms with E-state index >= 15 is 0 Å². The fourth-order valence-corrected chi connectivity index (χ4v) is 6.39. The maximum atomic E-state index is 14.1. The van der Waals surface area contributed by atoms with Gasteiger partial charge in [-0.3, -0.25) is 4.68 Å². The maximum Gasteiger partial charge on any atom is 0.271 e. The van der Waals surface area contributed by atoms with Gasteiger partial charge in [0.15, 0.2) is 0 Å². The van der Waals surface area contributed by atoms with E-state index in [4.69, 9.17) is 0 Å². The Kier molecular flexibility index (Phi) is 5.02. The number of aromatic nitrogens is 3. The third kappa shape index (κ3) is 3.18. The van der Waals surface area contributed by atoms with Crippen LogP contribution in [0.1, 0.15) is 43.1 Å². The molecular formula is C21H27FN4O2S. The van der Waals surface area contributed by atoms with Crippen molar-refractivity contribution < 1.29 is 12.8 Å². The Bertz CT molecular complexity index is 1180. The quantitative estimate of drug-likeness (QED) is 0.703. The van der Waals surface area contributed by atoms with Gasteiger partial charge in [-0.05, 0) is 75.9 Å². The molecule has 2 unspecified atom stereocenters. The third-order valence-corrected chi connectivity index (χ3v) is 8.01. The van der Waals surface area contributed by atoms with Crippen molar-refractivity contribution in [1.29, 1.82) is 0 Å². The van der Waals surface area contributed by atoms with Crippen molar-refractivity contribution >= 4 is 20.9 Å². The summed E-state index contributed by atoms with van der Waals surface area (Å²) in [4.78, 5) is 0.227. The van der Waals surface area contributed by atoms with Gasteiger partial charge in [0, 0.05) is 18.1 Å². The minimum absolute atomic E-state index is 0.178. The standard InChI is InChI=1S/C21H27FN4O2S/c1-5-25-15(4)21(14(3)24-25)29(27,28)26-12-19(17-8-9-23-11-13(17)2)18-10-16(22)6-7-20(18)26/h6-7,10,12-13,17,23H,5,8-9,11H2,1-4H3. The number of rotatable bonds is 4. The Labute approximate surface area is 170 Å². The van der Waals surface area contributed by atoms with E-state index in [0.29, 0.717) is 34.8 Å². The molecule has 6 nitrogen and oxygen atoms in total. The molecule has 1 fully saturated rings. The van der Waals surface area contributed by atoms with Crippen LogP contribution in [0, 0.1) is 25.6 Å². The molecule has 1 aliphatic rings. The summed E-state index contributed by atoms with van der Waals surface area (Å²) in [5.41, 5.74) is 2.50. The second-order valence-corrected chi connectivity index (χ2v) is 9.69. The SMILES string of the molecule is CCn1nc(C)c(S(=O)(=O)n2cc(C3CCNCC3C)c3cc(F)ccc32)c1C. The first-order valence-electron chi connectivity index (χ1n) is 10.1. The largest absolute Gasteiger partial charge is 0.316 e. The molecule has 0 spiro atoms. The minimum atomic E-state index is -3.87.